The molecule has 0 amide bonds. The summed E-state index contributed by atoms with van der Waals surface area (Å²) in [4.78, 5) is 11.7. The molecule has 1 saturated carbocycles. The van der Waals surface area contributed by atoms with Crippen LogP contribution >= 0.6 is 0 Å². The number of aryl methyl sites for hydroxylation is 1. The van der Waals surface area contributed by atoms with Crippen molar-refractivity contribution in [3.8, 4) is 0 Å². The van der Waals surface area contributed by atoms with Gasteiger partial charge >= 0.3 is 0 Å². The molecule has 1 aromatic carbocycles. The molecule has 1 heterocycles. The van der Waals surface area contributed by atoms with Gasteiger partial charge in [-0.05, 0) is 60.9 Å². The summed E-state index contributed by atoms with van der Waals surface area (Å²) in [6.07, 6.45) is 7.53. The van der Waals surface area contributed by atoms with Gasteiger partial charge in [-0.25, -0.2) is 0 Å². The zero-order valence-corrected chi connectivity index (χ0v) is 14.1. The van der Waals surface area contributed by atoms with E-state index < -0.39 is 0 Å². The quantitative estimate of drug-likeness (QED) is 0.874. The van der Waals surface area contributed by atoms with Crippen LogP contribution in [0.4, 0.5) is 0 Å². The van der Waals surface area contributed by atoms with E-state index in [1.165, 1.54) is 11.1 Å². The maximum absolute atomic E-state index is 11.7. The van der Waals surface area contributed by atoms with E-state index in [1.54, 1.807) is 17.7 Å². The third-order valence-electron chi connectivity index (χ3n) is 4.91. The number of nitrogens with two attached hydrogens (primary N) is 1. The minimum Gasteiger partial charge on any atom is -0.322 e. The second-order valence-electron chi connectivity index (χ2n) is 6.43. The Morgan fingerprint density at radius 3 is 2.65 bits per heavy atom. The van der Waals surface area contributed by atoms with Crippen LogP contribution in [0.3, 0.4) is 0 Å². The molecular formula is C20H24N2O. The van der Waals surface area contributed by atoms with E-state index in [0.29, 0.717) is 0 Å². The Hall–Kier alpha value is -2.13. The van der Waals surface area contributed by atoms with Gasteiger partial charge in [0.25, 0.3) is 5.56 Å². The molecule has 1 fully saturated rings. The zero-order valence-electron chi connectivity index (χ0n) is 14.1. The van der Waals surface area contributed by atoms with Crippen LogP contribution in [-0.4, -0.2) is 10.1 Å². The van der Waals surface area contributed by atoms with Crippen LogP contribution in [0, 0.1) is 0 Å². The first-order valence-corrected chi connectivity index (χ1v) is 8.25. The summed E-state index contributed by atoms with van der Waals surface area (Å²) in [6.45, 7) is 4.22. The molecule has 0 radical (unpaired) electrons. The van der Waals surface area contributed by atoms with E-state index in [9.17, 15) is 4.79 Å². The van der Waals surface area contributed by atoms with Crippen LogP contribution in [-0.2, 0) is 7.05 Å². The van der Waals surface area contributed by atoms with Gasteiger partial charge in [0.1, 0.15) is 0 Å². The van der Waals surface area contributed by atoms with E-state index in [0.717, 1.165) is 35.7 Å². The Labute approximate surface area is 137 Å². The molecule has 0 aliphatic heterocycles. The Morgan fingerprint density at radius 1 is 1.30 bits per heavy atom. The first-order valence-electron chi connectivity index (χ1n) is 8.25. The smallest absolute Gasteiger partial charge is 0.250 e. The summed E-state index contributed by atoms with van der Waals surface area (Å²) in [6, 6.07) is 9.75. The van der Waals surface area contributed by atoms with Gasteiger partial charge in [0.15, 0.2) is 0 Å². The standard InChI is InChI=1S/C20H24N2O/c1-4-14(13-17(5-2)20(21)10-11-20)15-6-8-18-16(12-15)7-9-19(23)22(18)3/h4,6-9,12-13H,5,10-11,21H2,1-3H3. The minimum atomic E-state index is -0.0796. The van der Waals surface area contributed by atoms with Crippen molar-refractivity contribution in [3.63, 3.8) is 0 Å². The first kappa shape index (κ1) is 15.8. The molecule has 1 aliphatic carbocycles. The monoisotopic (exact) mass is 308 g/mol. The highest BCUT2D eigenvalue weighted by molar-refractivity contribution is 5.86. The average molecular weight is 308 g/mol. The van der Waals surface area contributed by atoms with E-state index in [2.05, 4.69) is 38.1 Å². The highest BCUT2D eigenvalue weighted by Gasteiger charge is 2.40. The van der Waals surface area contributed by atoms with Crippen LogP contribution in [0.15, 0.2) is 52.9 Å². The largest absolute Gasteiger partial charge is 0.322 e. The van der Waals surface area contributed by atoms with Gasteiger partial charge in [0.05, 0.1) is 5.52 Å². The molecule has 120 valence electrons. The number of fused-ring (bicyclic) bond motifs is 1. The third-order valence-corrected chi connectivity index (χ3v) is 4.91. The molecule has 1 aromatic heterocycles. The molecular weight excluding hydrogens is 284 g/mol. The molecule has 2 aromatic rings. The van der Waals surface area contributed by atoms with Crippen molar-refractivity contribution in [2.24, 2.45) is 12.8 Å². The van der Waals surface area contributed by atoms with Gasteiger partial charge < -0.3 is 10.3 Å². The van der Waals surface area contributed by atoms with Crippen molar-refractivity contribution in [1.29, 1.82) is 0 Å². The first-order chi connectivity index (χ1) is 11.0. The zero-order chi connectivity index (χ0) is 16.6. The number of rotatable bonds is 4. The van der Waals surface area contributed by atoms with Gasteiger partial charge in [-0.3, -0.25) is 4.79 Å². The fourth-order valence-electron chi connectivity index (χ4n) is 3.14. The summed E-state index contributed by atoms with van der Waals surface area (Å²) >= 11 is 0. The lowest BCUT2D eigenvalue weighted by Crippen LogP contribution is -2.24. The van der Waals surface area contributed by atoms with Crippen LogP contribution in [0.2, 0.25) is 0 Å². The van der Waals surface area contributed by atoms with Gasteiger partial charge in [-0.15, -0.1) is 0 Å². The van der Waals surface area contributed by atoms with Crippen molar-refractivity contribution in [2.45, 2.75) is 38.6 Å². The molecule has 0 saturated heterocycles. The maximum atomic E-state index is 11.7. The highest BCUT2D eigenvalue weighted by Crippen LogP contribution is 2.41. The van der Waals surface area contributed by atoms with Crippen LogP contribution in [0.1, 0.15) is 38.7 Å². The number of pyridine rings is 1. The van der Waals surface area contributed by atoms with Crippen molar-refractivity contribution < 1.29 is 0 Å². The molecule has 0 spiro atoms. The Kier molecular flexibility index (Phi) is 3.99. The molecule has 0 bridgehead atoms. The van der Waals surface area contributed by atoms with Crippen LogP contribution in [0.25, 0.3) is 16.5 Å². The molecule has 0 atom stereocenters. The van der Waals surface area contributed by atoms with Gasteiger partial charge in [0, 0.05) is 18.7 Å². The number of nitrogens with zero attached hydrogens (tertiary/aromatic N) is 1. The fourth-order valence-corrected chi connectivity index (χ4v) is 3.14. The molecule has 2 N–H and O–H groups in total. The van der Waals surface area contributed by atoms with Crippen molar-refractivity contribution in [3.05, 3.63) is 64.0 Å². The lowest BCUT2D eigenvalue weighted by molar-refractivity contribution is 0.755. The van der Waals surface area contributed by atoms with Crippen molar-refractivity contribution in [1.82, 2.24) is 4.57 Å². The summed E-state index contributed by atoms with van der Waals surface area (Å²) in [7, 11) is 1.81. The van der Waals surface area contributed by atoms with E-state index in [-0.39, 0.29) is 11.1 Å². The number of aromatic nitrogens is 1. The third kappa shape index (κ3) is 2.89. The lowest BCUT2D eigenvalue weighted by Gasteiger charge is -2.14. The van der Waals surface area contributed by atoms with E-state index in [1.807, 2.05) is 12.1 Å². The predicted octanol–water partition coefficient (Wildman–Crippen LogP) is 3.77. The summed E-state index contributed by atoms with van der Waals surface area (Å²) in [5.74, 6) is 0. The van der Waals surface area contributed by atoms with Gasteiger partial charge in [0.2, 0.25) is 0 Å². The molecule has 3 rings (SSSR count). The van der Waals surface area contributed by atoms with Crippen LogP contribution in [0.5, 0.6) is 0 Å². The van der Waals surface area contributed by atoms with Gasteiger partial charge in [-0.2, -0.15) is 0 Å². The Balaban J connectivity index is 2.06. The number of hydrogen-bond donors (Lipinski definition) is 1. The molecule has 23 heavy (non-hydrogen) atoms. The summed E-state index contributed by atoms with van der Waals surface area (Å²) < 4.78 is 1.68. The topological polar surface area (TPSA) is 48.0 Å². The summed E-state index contributed by atoms with van der Waals surface area (Å²) in [5, 5.41) is 1.07. The second kappa shape index (κ2) is 5.82. The normalized spacial score (nSPS) is 17.6. The molecule has 3 nitrogen and oxygen atoms in total. The van der Waals surface area contributed by atoms with Crippen molar-refractivity contribution >= 4 is 16.5 Å². The van der Waals surface area contributed by atoms with Crippen LogP contribution < -0.4 is 11.3 Å². The predicted molar refractivity (Wildman–Crippen MR) is 97.4 cm³/mol. The van der Waals surface area contributed by atoms with Crippen molar-refractivity contribution in [2.75, 3.05) is 0 Å². The van der Waals surface area contributed by atoms with E-state index >= 15 is 0 Å². The highest BCUT2D eigenvalue weighted by atomic mass is 16.1. The summed E-state index contributed by atoms with van der Waals surface area (Å²) in [5.41, 5.74) is 10.9. The molecule has 0 unspecified atom stereocenters. The average Bonchev–Trinajstić information content (AvgIpc) is 3.30. The second-order valence-corrected chi connectivity index (χ2v) is 6.43. The number of benzene rings is 1. The Morgan fingerprint density at radius 2 is 2.04 bits per heavy atom. The fraction of sp³-hybridized carbons (Fsp3) is 0.350. The molecule has 1 aliphatic rings. The Bertz CT molecular complexity index is 867. The van der Waals surface area contributed by atoms with Gasteiger partial charge in [-0.1, -0.05) is 30.7 Å². The number of allylic oxidation sites excluding steroid dienone is 3. The molecule has 3 heteroatoms. The van der Waals surface area contributed by atoms with E-state index in [4.69, 9.17) is 5.73 Å². The maximum Gasteiger partial charge on any atom is 0.250 e. The lowest BCUT2D eigenvalue weighted by atomic mass is 9.95. The number of hydrogen-bond acceptors (Lipinski definition) is 2. The SMILES string of the molecule is CC=C(C=C(CC)C1(N)CC1)c1ccc2c(ccc(=O)n2C)c1. The minimum absolute atomic E-state index is 0.0171.